The molecule has 0 radical (unpaired) electrons. The van der Waals surface area contributed by atoms with Crippen molar-refractivity contribution in [1.29, 1.82) is 0 Å². The van der Waals surface area contributed by atoms with Gasteiger partial charge < -0.3 is 15.7 Å². The van der Waals surface area contributed by atoms with Gasteiger partial charge in [-0.15, -0.1) is 0 Å². The number of aliphatic hydroxyl groups is 1. The van der Waals surface area contributed by atoms with Crippen LogP contribution in [0.15, 0.2) is 48.9 Å². The van der Waals surface area contributed by atoms with Gasteiger partial charge in [-0.3, -0.25) is 4.98 Å². The number of rotatable bonds is 5. The van der Waals surface area contributed by atoms with Crippen LogP contribution in [0.25, 0.3) is 22.2 Å². The lowest BCUT2D eigenvalue weighted by Gasteiger charge is -2.22. The first kappa shape index (κ1) is 23.2. The summed E-state index contributed by atoms with van der Waals surface area (Å²) >= 11 is 0. The Morgan fingerprint density at radius 3 is 2.63 bits per heavy atom. The predicted molar refractivity (Wildman–Crippen MR) is 130 cm³/mol. The van der Waals surface area contributed by atoms with Crippen LogP contribution in [0.5, 0.6) is 0 Å². The van der Waals surface area contributed by atoms with E-state index in [0.717, 1.165) is 37.7 Å². The molecule has 4 aromatic rings. The number of hydrogen-bond donors (Lipinski definition) is 3. The summed E-state index contributed by atoms with van der Waals surface area (Å²) in [5, 5.41) is 17.3. The minimum Gasteiger partial charge on any atom is -0.386 e. The molecule has 180 valence electrons. The molecule has 1 saturated heterocycles. The largest absolute Gasteiger partial charge is 0.386 e. The predicted octanol–water partition coefficient (Wildman–Crippen LogP) is 4.80. The molecule has 4 heterocycles. The first-order chi connectivity index (χ1) is 16.8. The van der Waals surface area contributed by atoms with Gasteiger partial charge in [0.2, 0.25) is 5.95 Å². The molecule has 35 heavy (non-hydrogen) atoms. The van der Waals surface area contributed by atoms with Crippen molar-refractivity contribution >= 4 is 22.7 Å². The zero-order valence-electron chi connectivity index (χ0n) is 19.5. The van der Waals surface area contributed by atoms with Crippen LogP contribution in [0.1, 0.15) is 43.7 Å². The van der Waals surface area contributed by atoms with Gasteiger partial charge in [-0.05, 0) is 74.5 Å². The van der Waals surface area contributed by atoms with E-state index in [1.54, 1.807) is 26.0 Å². The number of benzene rings is 1. The van der Waals surface area contributed by atoms with Crippen LogP contribution < -0.4 is 10.6 Å². The normalized spacial score (nSPS) is 16.4. The summed E-state index contributed by atoms with van der Waals surface area (Å²) in [7, 11) is 0. The third kappa shape index (κ3) is 4.82. The van der Waals surface area contributed by atoms with E-state index in [1.807, 2.05) is 18.3 Å². The van der Waals surface area contributed by atoms with Crippen LogP contribution in [-0.2, 0) is 5.60 Å². The first-order valence-corrected chi connectivity index (χ1v) is 11.6. The fourth-order valence-corrected chi connectivity index (χ4v) is 4.48. The number of anilines is 2. The maximum atomic E-state index is 14.9. The van der Waals surface area contributed by atoms with E-state index in [1.165, 1.54) is 12.3 Å². The molecule has 0 saturated carbocycles. The molecule has 1 aromatic carbocycles. The van der Waals surface area contributed by atoms with E-state index in [0.29, 0.717) is 22.7 Å². The van der Waals surface area contributed by atoms with Crippen LogP contribution in [0.2, 0.25) is 0 Å². The summed E-state index contributed by atoms with van der Waals surface area (Å²) in [5.41, 5.74) is 0.635. The molecule has 1 fully saturated rings. The highest BCUT2D eigenvalue weighted by atomic mass is 19.1. The number of hydrogen-bond acceptors (Lipinski definition) is 7. The van der Waals surface area contributed by atoms with Crippen molar-refractivity contribution in [1.82, 2.24) is 25.3 Å². The van der Waals surface area contributed by atoms with Crippen LogP contribution in [0.3, 0.4) is 0 Å². The summed E-state index contributed by atoms with van der Waals surface area (Å²) in [6, 6.07) is 8.24. The zero-order valence-corrected chi connectivity index (χ0v) is 19.5. The Morgan fingerprint density at radius 2 is 1.91 bits per heavy atom. The summed E-state index contributed by atoms with van der Waals surface area (Å²) in [6.07, 6.45) is 6.57. The third-order valence-electron chi connectivity index (χ3n) is 6.27. The molecule has 3 aromatic heterocycles. The number of nitrogens with zero attached hydrogens (tertiary/aromatic N) is 4. The lowest BCUT2D eigenvalue weighted by molar-refractivity contribution is 0.0801. The first-order valence-electron chi connectivity index (χ1n) is 11.6. The Hall–Kier alpha value is -3.56. The minimum atomic E-state index is -1.24. The summed E-state index contributed by atoms with van der Waals surface area (Å²) < 4.78 is 29.7. The monoisotopic (exact) mass is 476 g/mol. The Morgan fingerprint density at radius 1 is 1.06 bits per heavy atom. The number of nitrogens with one attached hydrogen (secondary N) is 2. The molecule has 5 rings (SSSR count). The summed E-state index contributed by atoms with van der Waals surface area (Å²) in [4.78, 5) is 16.9. The van der Waals surface area contributed by atoms with Gasteiger partial charge in [0.25, 0.3) is 0 Å². The SMILES string of the molecule is CC(C)(O)c1ccnc2c(F)cc(-c3nc(Nc4ccc(C5CCCNC5)cn4)ncc3F)cc12. The minimum absolute atomic E-state index is 0.0706. The number of halogens is 2. The molecular formula is C26H26F2N6O. The average molecular weight is 477 g/mol. The maximum absolute atomic E-state index is 14.9. The molecule has 0 aliphatic carbocycles. The molecule has 1 aliphatic rings. The number of pyridine rings is 2. The Balaban J connectivity index is 1.47. The van der Waals surface area contributed by atoms with Crippen molar-refractivity contribution < 1.29 is 13.9 Å². The second-order valence-corrected chi connectivity index (χ2v) is 9.31. The highest BCUT2D eigenvalue weighted by molar-refractivity contribution is 5.88. The van der Waals surface area contributed by atoms with Gasteiger partial charge in [-0.25, -0.2) is 23.7 Å². The van der Waals surface area contributed by atoms with E-state index in [2.05, 4.69) is 30.6 Å². The number of fused-ring (bicyclic) bond motifs is 1. The van der Waals surface area contributed by atoms with Crippen LogP contribution in [0, 0.1) is 11.6 Å². The van der Waals surface area contributed by atoms with E-state index in [4.69, 9.17) is 0 Å². The Labute approximate surface area is 201 Å². The molecule has 0 bridgehead atoms. The molecule has 7 nitrogen and oxygen atoms in total. The molecular weight excluding hydrogens is 450 g/mol. The lowest BCUT2D eigenvalue weighted by atomic mass is 9.93. The fraction of sp³-hybridized carbons (Fsp3) is 0.308. The number of aromatic nitrogens is 4. The molecule has 0 spiro atoms. The summed E-state index contributed by atoms with van der Waals surface area (Å²) in [6.45, 7) is 5.18. The molecule has 1 unspecified atom stereocenters. The van der Waals surface area contributed by atoms with Crippen molar-refractivity contribution in [3.05, 3.63) is 71.7 Å². The van der Waals surface area contributed by atoms with Gasteiger partial charge in [0.05, 0.1) is 11.8 Å². The van der Waals surface area contributed by atoms with Crippen LogP contribution in [-0.4, -0.2) is 38.1 Å². The van der Waals surface area contributed by atoms with Crippen molar-refractivity contribution in [2.75, 3.05) is 18.4 Å². The van der Waals surface area contributed by atoms with Gasteiger partial charge in [0, 0.05) is 29.9 Å². The van der Waals surface area contributed by atoms with Crippen molar-refractivity contribution in [3.8, 4) is 11.3 Å². The molecule has 3 N–H and O–H groups in total. The van der Waals surface area contributed by atoms with Crippen LogP contribution >= 0.6 is 0 Å². The Kier molecular flexibility index (Phi) is 6.12. The molecule has 9 heteroatoms. The van der Waals surface area contributed by atoms with Crippen molar-refractivity contribution in [3.63, 3.8) is 0 Å². The van der Waals surface area contributed by atoms with E-state index < -0.39 is 17.2 Å². The zero-order chi connectivity index (χ0) is 24.6. The smallest absolute Gasteiger partial charge is 0.229 e. The van der Waals surface area contributed by atoms with Gasteiger partial charge in [0.15, 0.2) is 5.82 Å². The highest BCUT2D eigenvalue weighted by Crippen LogP contribution is 2.33. The molecule has 1 atom stereocenters. The number of piperidine rings is 1. The summed E-state index contributed by atoms with van der Waals surface area (Å²) in [5.74, 6) is -0.240. The van der Waals surface area contributed by atoms with Gasteiger partial charge in [-0.2, -0.15) is 0 Å². The van der Waals surface area contributed by atoms with Crippen LogP contribution in [0.4, 0.5) is 20.5 Å². The second-order valence-electron chi connectivity index (χ2n) is 9.31. The Bertz CT molecular complexity index is 1370. The highest BCUT2D eigenvalue weighted by Gasteiger charge is 2.22. The van der Waals surface area contributed by atoms with Gasteiger partial charge in [0.1, 0.15) is 22.8 Å². The van der Waals surface area contributed by atoms with Crippen molar-refractivity contribution in [2.24, 2.45) is 0 Å². The molecule has 0 amide bonds. The average Bonchev–Trinajstić information content (AvgIpc) is 2.85. The van der Waals surface area contributed by atoms with Gasteiger partial charge >= 0.3 is 0 Å². The van der Waals surface area contributed by atoms with E-state index >= 15 is 0 Å². The molecule has 1 aliphatic heterocycles. The standard InChI is InChI=1S/C26H26F2N6O/c1-26(2,35)19-7-9-30-24-18(19)10-17(11-20(24)27)23-21(28)14-32-25(34-23)33-22-6-5-16(13-31-22)15-4-3-8-29-12-15/h5-7,9-11,13-15,29,35H,3-4,8,12H2,1-2H3,(H,31,32,33,34). The van der Waals surface area contributed by atoms with E-state index in [-0.39, 0.29) is 22.7 Å². The van der Waals surface area contributed by atoms with Gasteiger partial charge in [-0.1, -0.05) is 6.07 Å². The quantitative estimate of drug-likeness (QED) is 0.381. The maximum Gasteiger partial charge on any atom is 0.229 e. The lowest BCUT2D eigenvalue weighted by Crippen LogP contribution is -2.28. The third-order valence-corrected chi connectivity index (χ3v) is 6.27. The fourth-order valence-electron chi connectivity index (χ4n) is 4.48. The second kappa shape index (κ2) is 9.24. The topological polar surface area (TPSA) is 95.9 Å². The van der Waals surface area contributed by atoms with Crippen molar-refractivity contribution in [2.45, 2.75) is 38.2 Å². The van der Waals surface area contributed by atoms with E-state index in [9.17, 15) is 13.9 Å².